The number of hydrogen-bond donors (Lipinski definition) is 0. The van der Waals surface area contributed by atoms with Crippen LogP contribution < -0.4 is 0 Å². The van der Waals surface area contributed by atoms with E-state index in [2.05, 4.69) is 70.0 Å². The lowest BCUT2D eigenvalue weighted by molar-refractivity contribution is 0.870. The lowest BCUT2D eigenvalue weighted by atomic mass is 9.89. The van der Waals surface area contributed by atoms with Crippen LogP contribution >= 0.6 is 11.3 Å². The maximum absolute atomic E-state index is 5.11. The minimum atomic E-state index is 0.701. The first-order valence-corrected chi connectivity index (χ1v) is 12.8. The largest absolute Gasteiger partial charge is 0.256 e. The van der Waals surface area contributed by atoms with E-state index in [1.807, 2.05) is 54.9 Å². The Balaban J connectivity index is 1.64. The van der Waals surface area contributed by atoms with Gasteiger partial charge in [-0.05, 0) is 41.1 Å². The Morgan fingerprint density at radius 3 is 2.24 bits per heavy atom. The van der Waals surface area contributed by atoms with Gasteiger partial charge in [-0.1, -0.05) is 66.7 Å². The summed E-state index contributed by atoms with van der Waals surface area (Å²) in [5.41, 5.74) is 7.35. The van der Waals surface area contributed by atoms with Gasteiger partial charge >= 0.3 is 0 Å². The van der Waals surface area contributed by atoms with Crippen molar-refractivity contribution < 1.29 is 0 Å². The van der Waals surface area contributed by atoms with Crippen LogP contribution in [-0.4, -0.2) is 25.4 Å². The Hall–Kier alpha value is -4.81. The van der Waals surface area contributed by atoms with Crippen molar-refractivity contribution in [2.45, 2.75) is 0 Å². The molecule has 7 rings (SSSR count). The van der Waals surface area contributed by atoms with Crippen LogP contribution in [0.3, 0.4) is 0 Å². The number of fused-ring (bicyclic) bond motifs is 3. The molecule has 0 saturated heterocycles. The highest BCUT2D eigenvalue weighted by atomic mass is 32.1. The second-order valence-electron chi connectivity index (χ2n) is 8.63. The van der Waals surface area contributed by atoms with E-state index in [4.69, 9.17) is 9.97 Å². The summed E-state index contributed by atoms with van der Waals surface area (Å²) in [7, 11) is 0. The Morgan fingerprint density at radius 2 is 1.41 bits per heavy atom. The van der Waals surface area contributed by atoms with E-state index in [1.165, 1.54) is 20.2 Å². The average molecular weight is 494 g/mol. The van der Waals surface area contributed by atoms with Crippen molar-refractivity contribution in [1.29, 1.82) is 0 Å². The highest BCUT2D eigenvalue weighted by molar-refractivity contribution is 7.25. The van der Waals surface area contributed by atoms with Crippen molar-refractivity contribution in [3.63, 3.8) is 0 Å². The molecular weight excluding hydrogens is 474 g/mol. The molecule has 0 atom stereocenters. The van der Waals surface area contributed by atoms with Gasteiger partial charge in [0.2, 0.25) is 0 Å². The predicted molar refractivity (Wildman–Crippen MR) is 150 cm³/mol. The second-order valence-corrected chi connectivity index (χ2v) is 9.72. The molecule has 6 heteroatoms. The van der Waals surface area contributed by atoms with Crippen molar-refractivity contribution in [2.24, 2.45) is 0 Å². The molecule has 3 aromatic carbocycles. The molecular formula is C31H19N5S. The minimum absolute atomic E-state index is 0.701. The van der Waals surface area contributed by atoms with Gasteiger partial charge in [0.05, 0.1) is 23.3 Å². The van der Waals surface area contributed by atoms with Gasteiger partial charge in [-0.25, -0.2) is 0 Å². The number of hydrogen-bond acceptors (Lipinski definition) is 6. The summed E-state index contributed by atoms with van der Waals surface area (Å²) in [4.78, 5) is 9.88. The first-order valence-electron chi connectivity index (χ1n) is 11.9. The first-order chi connectivity index (χ1) is 18.4. The van der Waals surface area contributed by atoms with E-state index in [0.29, 0.717) is 5.69 Å². The summed E-state index contributed by atoms with van der Waals surface area (Å²) in [6.07, 6.45) is 5.45. The third-order valence-corrected chi connectivity index (χ3v) is 7.64. The van der Waals surface area contributed by atoms with Gasteiger partial charge in [0.25, 0.3) is 0 Å². The standard InChI is InChI=1S/C31H19N5S/c1-2-9-20(10-3-1)23-19-33-31(22-12-8-15-27-28(22)21-11-4-5-14-26(21)37-27)30(25-16-18-34-36-35-25)29(23)24-13-6-7-17-32-24/h1-19H. The molecule has 0 aliphatic carbocycles. The van der Waals surface area contributed by atoms with Crippen molar-refractivity contribution in [2.75, 3.05) is 0 Å². The fourth-order valence-corrected chi connectivity index (χ4v) is 6.06. The molecule has 0 aliphatic rings. The maximum atomic E-state index is 5.11. The molecule has 0 aliphatic heterocycles. The fraction of sp³-hybridized carbons (Fsp3) is 0. The molecule has 0 bridgehead atoms. The molecule has 7 aromatic rings. The van der Waals surface area contributed by atoms with Crippen LogP contribution in [0.25, 0.3) is 65.1 Å². The Morgan fingerprint density at radius 1 is 0.568 bits per heavy atom. The number of aromatic nitrogens is 5. The number of pyridine rings is 2. The highest BCUT2D eigenvalue weighted by Crippen LogP contribution is 2.46. The van der Waals surface area contributed by atoms with Gasteiger partial charge in [-0.15, -0.1) is 21.5 Å². The van der Waals surface area contributed by atoms with Crippen LogP contribution in [-0.2, 0) is 0 Å². The van der Waals surface area contributed by atoms with E-state index in [0.717, 1.165) is 39.2 Å². The smallest absolute Gasteiger partial charge is 0.0992 e. The van der Waals surface area contributed by atoms with Crippen molar-refractivity contribution in [1.82, 2.24) is 25.4 Å². The van der Waals surface area contributed by atoms with Crippen molar-refractivity contribution in [3.05, 3.63) is 116 Å². The Labute approximate surface area is 217 Å². The van der Waals surface area contributed by atoms with Gasteiger partial charge in [0, 0.05) is 54.8 Å². The predicted octanol–water partition coefficient (Wildman–Crippen LogP) is 7.70. The van der Waals surface area contributed by atoms with Crippen LogP contribution in [0.4, 0.5) is 0 Å². The summed E-state index contributed by atoms with van der Waals surface area (Å²) in [6.45, 7) is 0. The first kappa shape index (κ1) is 21.5. The topological polar surface area (TPSA) is 64.5 Å². The SMILES string of the molecule is c1ccc(-c2cnc(-c3cccc4sc5ccccc5c34)c(-c3ccnnn3)c2-c2ccccn2)cc1. The molecule has 0 amide bonds. The van der Waals surface area contributed by atoms with Crippen LogP contribution in [0.5, 0.6) is 0 Å². The van der Waals surface area contributed by atoms with Gasteiger partial charge in [-0.3, -0.25) is 9.97 Å². The van der Waals surface area contributed by atoms with Gasteiger partial charge < -0.3 is 0 Å². The molecule has 0 fully saturated rings. The average Bonchev–Trinajstić information content (AvgIpc) is 3.37. The second kappa shape index (κ2) is 9.00. The van der Waals surface area contributed by atoms with E-state index >= 15 is 0 Å². The molecule has 174 valence electrons. The van der Waals surface area contributed by atoms with E-state index in [1.54, 1.807) is 17.5 Å². The minimum Gasteiger partial charge on any atom is -0.256 e. The zero-order valence-corrected chi connectivity index (χ0v) is 20.4. The number of thiophene rings is 1. The fourth-order valence-electron chi connectivity index (χ4n) is 4.92. The summed E-state index contributed by atoms with van der Waals surface area (Å²) in [5.74, 6) is 0. The maximum Gasteiger partial charge on any atom is 0.0992 e. The summed E-state index contributed by atoms with van der Waals surface area (Å²) < 4.78 is 2.47. The lowest BCUT2D eigenvalue weighted by Crippen LogP contribution is -2.01. The Kier molecular flexibility index (Phi) is 5.22. The zero-order valence-electron chi connectivity index (χ0n) is 19.6. The van der Waals surface area contributed by atoms with Gasteiger partial charge in [0.1, 0.15) is 0 Å². The zero-order chi connectivity index (χ0) is 24.6. The molecule has 5 nitrogen and oxygen atoms in total. The Bertz CT molecular complexity index is 1870. The van der Waals surface area contributed by atoms with Crippen LogP contribution in [0.15, 0.2) is 116 Å². The third-order valence-electron chi connectivity index (χ3n) is 6.50. The summed E-state index contributed by atoms with van der Waals surface area (Å²) in [6, 6.07) is 33.1. The number of benzene rings is 3. The molecule has 4 heterocycles. The van der Waals surface area contributed by atoms with Crippen LogP contribution in [0.2, 0.25) is 0 Å². The molecule has 0 N–H and O–H groups in total. The summed E-state index contributed by atoms with van der Waals surface area (Å²) in [5, 5.41) is 14.8. The third kappa shape index (κ3) is 3.66. The van der Waals surface area contributed by atoms with Crippen molar-refractivity contribution in [3.8, 4) is 44.9 Å². The number of nitrogens with zero attached hydrogens (tertiary/aromatic N) is 5. The molecule has 0 radical (unpaired) electrons. The molecule has 4 aromatic heterocycles. The summed E-state index contributed by atoms with van der Waals surface area (Å²) >= 11 is 1.79. The molecule has 37 heavy (non-hydrogen) atoms. The van der Waals surface area contributed by atoms with E-state index in [9.17, 15) is 0 Å². The van der Waals surface area contributed by atoms with Gasteiger partial charge in [0.15, 0.2) is 0 Å². The lowest BCUT2D eigenvalue weighted by Gasteiger charge is -2.18. The normalized spacial score (nSPS) is 11.2. The van der Waals surface area contributed by atoms with Gasteiger partial charge in [-0.2, -0.15) is 0 Å². The molecule has 0 unspecified atom stereocenters. The highest BCUT2D eigenvalue weighted by Gasteiger charge is 2.24. The van der Waals surface area contributed by atoms with Crippen LogP contribution in [0, 0.1) is 0 Å². The number of rotatable bonds is 4. The van der Waals surface area contributed by atoms with E-state index < -0.39 is 0 Å². The molecule has 0 spiro atoms. The quantitative estimate of drug-likeness (QED) is 0.251. The van der Waals surface area contributed by atoms with Crippen molar-refractivity contribution >= 4 is 31.5 Å². The van der Waals surface area contributed by atoms with Crippen LogP contribution in [0.1, 0.15) is 0 Å². The monoisotopic (exact) mass is 493 g/mol. The van der Waals surface area contributed by atoms with E-state index in [-0.39, 0.29) is 0 Å². The molecule has 0 saturated carbocycles.